The second-order valence-corrected chi connectivity index (χ2v) is 5.90. The van der Waals surface area contributed by atoms with Gasteiger partial charge >= 0.3 is 6.18 Å². The number of carbonyl (C=O) groups excluding carboxylic acids is 2. The number of hydrogen-bond donors (Lipinski definition) is 1. The van der Waals surface area contributed by atoms with Crippen LogP contribution in [0.25, 0.3) is 0 Å². The van der Waals surface area contributed by atoms with Crippen molar-refractivity contribution in [3.8, 4) is 0 Å². The summed E-state index contributed by atoms with van der Waals surface area (Å²) < 4.78 is 39.9. The molecule has 2 aliphatic rings. The van der Waals surface area contributed by atoms with Crippen molar-refractivity contribution in [1.82, 2.24) is 9.80 Å². The van der Waals surface area contributed by atoms with Crippen molar-refractivity contribution in [3.63, 3.8) is 0 Å². The average molecular weight is 328 g/mol. The minimum atomic E-state index is -4.64. The van der Waals surface area contributed by atoms with Gasteiger partial charge in [-0.2, -0.15) is 13.2 Å². The summed E-state index contributed by atoms with van der Waals surface area (Å²) in [5.74, 6) is -1.13. The number of carbonyl (C=O) groups is 2. The normalized spacial score (nSPS) is 21.1. The smallest absolute Gasteiger partial charge is 0.391 e. The maximum absolute atomic E-state index is 13.3. The van der Waals surface area contributed by atoms with E-state index >= 15 is 0 Å². The molecule has 0 bridgehead atoms. The van der Waals surface area contributed by atoms with Crippen molar-refractivity contribution in [2.24, 2.45) is 0 Å². The zero-order chi connectivity index (χ0) is 16.9. The number of nitrogens with zero attached hydrogens (tertiary/aromatic N) is 2. The van der Waals surface area contributed by atoms with E-state index in [9.17, 15) is 27.9 Å². The number of benzene rings is 1. The summed E-state index contributed by atoms with van der Waals surface area (Å²) in [7, 11) is 1.42. The van der Waals surface area contributed by atoms with Gasteiger partial charge in [0.15, 0.2) is 0 Å². The Balaban J connectivity index is 2.06. The van der Waals surface area contributed by atoms with Crippen LogP contribution in [0.4, 0.5) is 13.2 Å². The van der Waals surface area contributed by atoms with E-state index < -0.39 is 29.7 Å². The van der Waals surface area contributed by atoms with Crippen LogP contribution in [0.5, 0.6) is 0 Å². The van der Waals surface area contributed by atoms with Gasteiger partial charge in [0.2, 0.25) is 0 Å². The molecule has 0 radical (unpaired) electrons. The molecule has 1 saturated heterocycles. The van der Waals surface area contributed by atoms with Crippen LogP contribution in [0.1, 0.15) is 38.3 Å². The summed E-state index contributed by atoms with van der Waals surface area (Å²) >= 11 is 0. The molecule has 0 spiro atoms. The van der Waals surface area contributed by atoms with Crippen molar-refractivity contribution in [2.75, 3.05) is 20.1 Å². The van der Waals surface area contributed by atoms with Gasteiger partial charge in [0.25, 0.3) is 11.8 Å². The number of aliphatic hydroxyl groups excluding tert-OH is 1. The third kappa shape index (κ3) is 2.67. The van der Waals surface area contributed by atoms with Gasteiger partial charge < -0.3 is 14.9 Å². The summed E-state index contributed by atoms with van der Waals surface area (Å²) in [5.41, 5.74) is -1.29. The SMILES string of the molecule is CN1Cc2c(cc(C(=O)N3CCC(O)C3)cc2C(F)(F)F)C1=O. The topological polar surface area (TPSA) is 60.9 Å². The Morgan fingerprint density at radius 1 is 1.35 bits per heavy atom. The van der Waals surface area contributed by atoms with E-state index in [1.807, 2.05) is 0 Å². The molecule has 0 aliphatic carbocycles. The molecule has 124 valence electrons. The highest BCUT2D eigenvalue weighted by molar-refractivity contribution is 6.03. The number of alkyl halides is 3. The summed E-state index contributed by atoms with van der Waals surface area (Å²) in [6, 6.07) is 2.03. The van der Waals surface area contributed by atoms with Crippen LogP contribution in [0.3, 0.4) is 0 Å². The first-order valence-corrected chi connectivity index (χ1v) is 7.15. The monoisotopic (exact) mass is 328 g/mol. The second-order valence-electron chi connectivity index (χ2n) is 5.90. The number of rotatable bonds is 1. The molecule has 23 heavy (non-hydrogen) atoms. The minimum absolute atomic E-state index is 0.0783. The van der Waals surface area contributed by atoms with Gasteiger partial charge in [-0.25, -0.2) is 0 Å². The van der Waals surface area contributed by atoms with Crippen molar-refractivity contribution >= 4 is 11.8 Å². The van der Waals surface area contributed by atoms with Crippen LogP contribution in [0.2, 0.25) is 0 Å². The zero-order valence-electron chi connectivity index (χ0n) is 12.4. The van der Waals surface area contributed by atoms with Gasteiger partial charge in [0, 0.05) is 37.8 Å². The number of hydrogen-bond acceptors (Lipinski definition) is 3. The predicted octanol–water partition coefficient (Wildman–Crippen LogP) is 1.50. The summed E-state index contributed by atoms with van der Waals surface area (Å²) in [6.45, 7) is 0.247. The molecule has 2 amide bonds. The van der Waals surface area contributed by atoms with Gasteiger partial charge in [-0.3, -0.25) is 9.59 Å². The first-order chi connectivity index (χ1) is 10.7. The largest absolute Gasteiger partial charge is 0.416 e. The van der Waals surface area contributed by atoms with Gasteiger partial charge in [-0.1, -0.05) is 0 Å². The van der Waals surface area contributed by atoms with Crippen LogP contribution in [0, 0.1) is 0 Å². The Morgan fingerprint density at radius 2 is 2.04 bits per heavy atom. The summed E-state index contributed by atoms with van der Waals surface area (Å²) in [4.78, 5) is 26.9. The number of aliphatic hydroxyl groups is 1. The fourth-order valence-corrected chi connectivity index (χ4v) is 3.03. The van der Waals surface area contributed by atoms with E-state index in [1.165, 1.54) is 22.9 Å². The Morgan fingerprint density at radius 3 is 2.61 bits per heavy atom. The Hall–Kier alpha value is -2.09. The lowest BCUT2D eigenvalue weighted by Gasteiger charge is -2.18. The Labute approximate surface area is 130 Å². The molecule has 8 heteroatoms. The number of halogens is 3. The fraction of sp³-hybridized carbons (Fsp3) is 0.467. The molecule has 1 aromatic rings. The first kappa shape index (κ1) is 15.8. The highest BCUT2D eigenvalue weighted by Crippen LogP contribution is 2.38. The predicted molar refractivity (Wildman–Crippen MR) is 73.8 cm³/mol. The molecule has 0 aromatic heterocycles. The number of likely N-dealkylation sites (tertiary alicyclic amines) is 1. The highest BCUT2D eigenvalue weighted by atomic mass is 19.4. The highest BCUT2D eigenvalue weighted by Gasteiger charge is 2.40. The molecule has 1 unspecified atom stereocenters. The third-order valence-corrected chi connectivity index (χ3v) is 4.23. The second kappa shape index (κ2) is 5.23. The van der Waals surface area contributed by atoms with Gasteiger partial charge in [-0.15, -0.1) is 0 Å². The standard InChI is InChI=1S/C15H15F3N2O3/c1-19-7-11-10(14(19)23)4-8(5-12(11)15(16,17)18)13(22)20-3-2-9(21)6-20/h4-5,9,21H,2-3,6-7H2,1H3. The minimum Gasteiger partial charge on any atom is -0.391 e. The van der Waals surface area contributed by atoms with Crippen LogP contribution < -0.4 is 0 Å². The molecule has 2 aliphatic heterocycles. The third-order valence-electron chi connectivity index (χ3n) is 4.23. The Kier molecular flexibility index (Phi) is 3.59. The number of fused-ring (bicyclic) bond motifs is 1. The average Bonchev–Trinajstić information content (AvgIpc) is 3.01. The van der Waals surface area contributed by atoms with Gasteiger partial charge in [0.05, 0.1) is 11.7 Å². The van der Waals surface area contributed by atoms with Crippen molar-refractivity contribution in [3.05, 3.63) is 34.4 Å². The first-order valence-electron chi connectivity index (χ1n) is 7.15. The van der Waals surface area contributed by atoms with E-state index in [1.54, 1.807) is 0 Å². The lowest BCUT2D eigenvalue weighted by Crippen LogP contribution is -2.30. The van der Waals surface area contributed by atoms with Gasteiger partial charge in [0.1, 0.15) is 0 Å². The number of β-amino-alcohol motifs (C(OH)–C–C–N with tert-alkyl or cyclic N) is 1. The lowest BCUT2D eigenvalue weighted by atomic mass is 9.98. The molecule has 5 nitrogen and oxygen atoms in total. The molecule has 1 fully saturated rings. The zero-order valence-corrected chi connectivity index (χ0v) is 12.4. The molecule has 0 saturated carbocycles. The van der Waals surface area contributed by atoms with Crippen molar-refractivity contribution in [2.45, 2.75) is 25.2 Å². The van der Waals surface area contributed by atoms with Crippen molar-refractivity contribution < 1.29 is 27.9 Å². The maximum Gasteiger partial charge on any atom is 0.416 e. The quantitative estimate of drug-likeness (QED) is 0.850. The van der Waals surface area contributed by atoms with E-state index in [0.29, 0.717) is 6.42 Å². The van der Waals surface area contributed by atoms with Crippen molar-refractivity contribution in [1.29, 1.82) is 0 Å². The molecule has 1 aromatic carbocycles. The maximum atomic E-state index is 13.3. The van der Waals surface area contributed by atoms with E-state index in [4.69, 9.17) is 0 Å². The number of amides is 2. The van der Waals surface area contributed by atoms with E-state index in [-0.39, 0.29) is 36.3 Å². The Bertz CT molecular complexity index is 687. The van der Waals surface area contributed by atoms with E-state index in [2.05, 4.69) is 0 Å². The molecule has 3 rings (SSSR count). The fourth-order valence-electron chi connectivity index (χ4n) is 3.03. The van der Waals surface area contributed by atoms with Crippen LogP contribution >= 0.6 is 0 Å². The molecule has 1 N–H and O–H groups in total. The van der Waals surface area contributed by atoms with Gasteiger partial charge in [-0.05, 0) is 24.1 Å². The summed E-state index contributed by atoms with van der Waals surface area (Å²) in [5, 5.41) is 9.48. The van der Waals surface area contributed by atoms with Crippen LogP contribution in [-0.2, 0) is 12.7 Å². The molecular formula is C15H15F3N2O3. The van der Waals surface area contributed by atoms with E-state index in [0.717, 1.165) is 6.07 Å². The molecule has 2 heterocycles. The van der Waals surface area contributed by atoms with Crippen LogP contribution in [-0.4, -0.2) is 53.0 Å². The van der Waals surface area contributed by atoms with Crippen LogP contribution in [0.15, 0.2) is 12.1 Å². The molecule has 1 atom stereocenters. The lowest BCUT2D eigenvalue weighted by molar-refractivity contribution is -0.138. The summed E-state index contributed by atoms with van der Waals surface area (Å²) in [6.07, 6.45) is -4.91. The molecular weight excluding hydrogens is 313 g/mol.